The maximum atomic E-state index is 12.8. The SMILES string of the molecule is Cc1cnc(Nc2ccc3c(c2)OCO3)nc1-n1cnc(C(=O)N[C@H](CO)c2cccc(Cl)c2)c1. The number of anilines is 2. The lowest BCUT2D eigenvalue weighted by Crippen LogP contribution is -2.31. The third-order valence-corrected chi connectivity index (χ3v) is 5.61. The number of rotatable bonds is 7. The second kappa shape index (κ2) is 9.61. The summed E-state index contributed by atoms with van der Waals surface area (Å²) in [5.74, 6) is 1.82. The Morgan fingerprint density at radius 2 is 2.06 bits per heavy atom. The van der Waals surface area contributed by atoms with Crippen molar-refractivity contribution in [1.29, 1.82) is 0 Å². The summed E-state index contributed by atoms with van der Waals surface area (Å²) in [6.45, 7) is 1.77. The fourth-order valence-electron chi connectivity index (χ4n) is 3.60. The summed E-state index contributed by atoms with van der Waals surface area (Å²) in [5.41, 5.74) is 2.40. The maximum absolute atomic E-state index is 12.8. The maximum Gasteiger partial charge on any atom is 0.272 e. The molecule has 1 aliphatic heterocycles. The van der Waals surface area contributed by atoms with Crippen molar-refractivity contribution in [2.75, 3.05) is 18.7 Å². The number of aliphatic hydroxyl groups is 1. The van der Waals surface area contributed by atoms with E-state index in [1.807, 2.05) is 25.1 Å². The van der Waals surface area contributed by atoms with Crippen molar-refractivity contribution in [2.24, 2.45) is 0 Å². The lowest BCUT2D eigenvalue weighted by atomic mass is 10.1. The lowest BCUT2D eigenvalue weighted by molar-refractivity contribution is 0.0911. The minimum absolute atomic E-state index is 0.175. The monoisotopic (exact) mass is 492 g/mol. The number of fused-ring (bicyclic) bond motifs is 1. The predicted molar refractivity (Wildman–Crippen MR) is 128 cm³/mol. The average molecular weight is 493 g/mol. The first-order chi connectivity index (χ1) is 17.0. The smallest absolute Gasteiger partial charge is 0.272 e. The number of imidazole rings is 1. The number of benzene rings is 2. The number of aromatic nitrogens is 4. The van der Waals surface area contributed by atoms with Crippen LogP contribution in [0.1, 0.15) is 27.7 Å². The van der Waals surface area contributed by atoms with Crippen LogP contribution in [-0.2, 0) is 0 Å². The van der Waals surface area contributed by atoms with E-state index in [0.29, 0.717) is 33.9 Å². The summed E-state index contributed by atoms with van der Waals surface area (Å²) < 4.78 is 12.4. The molecule has 0 unspecified atom stereocenters. The minimum atomic E-state index is -0.621. The van der Waals surface area contributed by atoms with E-state index in [2.05, 4.69) is 25.6 Å². The van der Waals surface area contributed by atoms with Gasteiger partial charge in [0.2, 0.25) is 12.7 Å². The summed E-state index contributed by atoms with van der Waals surface area (Å²) in [5, 5.41) is 16.2. The Balaban J connectivity index is 1.33. The molecule has 0 aliphatic carbocycles. The molecule has 0 radical (unpaired) electrons. The van der Waals surface area contributed by atoms with E-state index in [1.165, 1.54) is 6.33 Å². The highest BCUT2D eigenvalue weighted by molar-refractivity contribution is 6.30. The predicted octanol–water partition coefficient (Wildman–Crippen LogP) is 3.56. The van der Waals surface area contributed by atoms with E-state index in [-0.39, 0.29) is 19.1 Å². The van der Waals surface area contributed by atoms with Crippen LogP contribution in [-0.4, -0.2) is 43.9 Å². The molecule has 178 valence electrons. The first-order valence-electron chi connectivity index (χ1n) is 10.7. The molecular weight excluding hydrogens is 472 g/mol. The van der Waals surface area contributed by atoms with E-state index in [0.717, 1.165) is 11.3 Å². The first-order valence-corrected chi connectivity index (χ1v) is 11.1. The molecule has 4 aromatic rings. The zero-order valence-corrected chi connectivity index (χ0v) is 19.4. The molecule has 0 fully saturated rings. The van der Waals surface area contributed by atoms with Gasteiger partial charge in [-0.2, -0.15) is 4.98 Å². The molecule has 0 saturated heterocycles. The van der Waals surface area contributed by atoms with E-state index in [1.54, 1.807) is 41.2 Å². The highest BCUT2D eigenvalue weighted by Crippen LogP contribution is 2.34. The normalized spacial score (nSPS) is 12.9. The summed E-state index contributed by atoms with van der Waals surface area (Å²) in [7, 11) is 0. The van der Waals surface area contributed by atoms with Crippen molar-refractivity contribution < 1.29 is 19.4 Å². The third kappa shape index (κ3) is 4.88. The van der Waals surface area contributed by atoms with Crippen LogP contribution in [0.25, 0.3) is 5.82 Å². The molecule has 11 heteroatoms. The van der Waals surface area contributed by atoms with Gasteiger partial charge in [0.05, 0.1) is 12.6 Å². The largest absolute Gasteiger partial charge is 0.454 e. The number of halogens is 1. The van der Waals surface area contributed by atoms with Gasteiger partial charge in [0, 0.05) is 34.7 Å². The molecular formula is C24H21ClN6O4. The van der Waals surface area contributed by atoms with Crippen LogP contribution < -0.4 is 20.1 Å². The number of ether oxygens (including phenoxy) is 2. The Labute approximate surface area is 205 Å². The molecule has 2 aromatic carbocycles. The van der Waals surface area contributed by atoms with Crippen molar-refractivity contribution in [3.8, 4) is 17.3 Å². The number of carbonyl (C=O) groups is 1. The second-order valence-electron chi connectivity index (χ2n) is 7.82. The van der Waals surface area contributed by atoms with Gasteiger partial charge in [-0.25, -0.2) is 9.97 Å². The highest BCUT2D eigenvalue weighted by atomic mass is 35.5. The topological polar surface area (TPSA) is 123 Å². The first kappa shape index (κ1) is 22.6. The van der Waals surface area contributed by atoms with Gasteiger partial charge >= 0.3 is 0 Å². The Kier molecular flexibility index (Phi) is 6.21. The van der Waals surface area contributed by atoms with Crippen molar-refractivity contribution in [1.82, 2.24) is 24.8 Å². The number of nitrogens with one attached hydrogen (secondary N) is 2. The van der Waals surface area contributed by atoms with Gasteiger partial charge in [-0.05, 0) is 36.8 Å². The van der Waals surface area contributed by atoms with Gasteiger partial charge in [-0.15, -0.1) is 0 Å². The molecule has 35 heavy (non-hydrogen) atoms. The van der Waals surface area contributed by atoms with Crippen LogP contribution in [0.15, 0.2) is 61.2 Å². The fourth-order valence-corrected chi connectivity index (χ4v) is 3.80. The summed E-state index contributed by atoms with van der Waals surface area (Å²) in [6.07, 6.45) is 4.75. The average Bonchev–Trinajstić information content (AvgIpc) is 3.53. The van der Waals surface area contributed by atoms with E-state index in [9.17, 15) is 9.90 Å². The molecule has 0 bridgehead atoms. The van der Waals surface area contributed by atoms with Crippen LogP contribution in [0.4, 0.5) is 11.6 Å². The number of hydrogen-bond acceptors (Lipinski definition) is 8. The lowest BCUT2D eigenvalue weighted by Gasteiger charge is -2.16. The second-order valence-corrected chi connectivity index (χ2v) is 8.26. The van der Waals surface area contributed by atoms with Crippen LogP contribution in [0, 0.1) is 6.92 Å². The Hall–Kier alpha value is -4.15. The quantitative estimate of drug-likeness (QED) is 0.358. The number of nitrogens with zero attached hydrogens (tertiary/aromatic N) is 4. The number of amides is 1. The van der Waals surface area contributed by atoms with E-state index in [4.69, 9.17) is 21.1 Å². The van der Waals surface area contributed by atoms with Crippen molar-refractivity contribution >= 4 is 29.1 Å². The molecule has 3 heterocycles. The third-order valence-electron chi connectivity index (χ3n) is 5.37. The van der Waals surface area contributed by atoms with Gasteiger partial charge in [0.15, 0.2) is 11.5 Å². The van der Waals surface area contributed by atoms with Crippen LogP contribution in [0.3, 0.4) is 0 Å². The van der Waals surface area contributed by atoms with Gasteiger partial charge < -0.3 is 25.2 Å². The standard InChI is InChI=1S/C24H21ClN6O4/c1-14-9-26-24(28-17-5-6-20-21(8-17)35-13-34-20)30-22(14)31-10-18(27-12-31)23(33)29-19(11-32)15-3-2-4-16(25)7-15/h2-10,12,19,32H,11,13H2,1H3,(H,29,33)(H,26,28,30)/t19-/m1/s1. The van der Waals surface area contributed by atoms with Crippen LogP contribution in [0.2, 0.25) is 5.02 Å². The number of carbonyl (C=O) groups excluding carboxylic acids is 1. The molecule has 1 atom stereocenters. The van der Waals surface area contributed by atoms with Crippen LogP contribution >= 0.6 is 11.6 Å². The molecule has 3 N–H and O–H groups in total. The van der Waals surface area contributed by atoms with Gasteiger partial charge in [-0.1, -0.05) is 23.7 Å². The van der Waals surface area contributed by atoms with E-state index >= 15 is 0 Å². The molecule has 10 nitrogen and oxygen atoms in total. The zero-order valence-electron chi connectivity index (χ0n) is 18.6. The van der Waals surface area contributed by atoms with Gasteiger partial charge in [-0.3, -0.25) is 9.36 Å². The summed E-state index contributed by atoms with van der Waals surface area (Å²) in [6, 6.07) is 11.8. The molecule has 0 saturated carbocycles. The number of hydrogen-bond donors (Lipinski definition) is 3. The Morgan fingerprint density at radius 3 is 2.89 bits per heavy atom. The van der Waals surface area contributed by atoms with Crippen LogP contribution in [0.5, 0.6) is 11.5 Å². The number of aliphatic hydroxyl groups excluding tert-OH is 1. The number of aryl methyl sites for hydroxylation is 1. The zero-order chi connectivity index (χ0) is 24.4. The fraction of sp³-hybridized carbons (Fsp3) is 0.167. The van der Waals surface area contributed by atoms with Crippen molar-refractivity contribution in [3.63, 3.8) is 0 Å². The molecule has 5 rings (SSSR count). The van der Waals surface area contributed by atoms with E-state index < -0.39 is 11.9 Å². The summed E-state index contributed by atoms with van der Waals surface area (Å²) in [4.78, 5) is 25.9. The van der Waals surface area contributed by atoms with Gasteiger partial charge in [0.1, 0.15) is 17.8 Å². The Bertz CT molecular complexity index is 1390. The molecule has 0 spiro atoms. The Morgan fingerprint density at radius 1 is 1.20 bits per heavy atom. The molecule has 1 aliphatic rings. The van der Waals surface area contributed by atoms with Crippen molar-refractivity contribution in [3.05, 3.63) is 83.0 Å². The minimum Gasteiger partial charge on any atom is -0.454 e. The highest BCUT2D eigenvalue weighted by Gasteiger charge is 2.19. The molecule has 1 amide bonds. The summed E-state index contributed by atoms with van der Waals surface area (Å²) >= 11 is 6.04. The van der Waals surface area contributed by atoms with Gasteiger partial charge in [0.25, 0.3) is 5.91 Å². The van der Waals surface area contributed by atoms with Crippen molar-refractivity contribution in [2.45, 2.75) is 13.0 Å². The molecule has 2 aromatic heterocycles.